The molecule has 4 heteroatoms. The van der Waals surface area contributed by atoms with E-state index in [-0.39, 0.29) is 6.04 Å². The van der Waals surface area contributed by atoms with Crippen LogP contribution in [0, 0.1) is 11.3 Å². The second kappa shape index (κ2) is 6.17. The summed E-state index contributed by atoms with van der Waals surface area (Å²) in [6.07, 6.45) is 3.76. The molecule has 1 N–H and O–H groups in total. The Morgan fingerprint density at radius 2 is 2.21 bits per heavy atom. The van der Waals surface area contributed by atoms with Gasteiger partial charge in [0, 0.05) is 25.0 Å². The van der Waals surface area contributed by atoms with E-state index in [1.54, 1.807) is 6.20 Å². The summed E-state index contributed by atoms with van der Waals surface area (Å²) in [5, 5.41) is 16.6. The van der Waals surface area contributed by atoms with Crippen LogP contribution in [-0.4, -0.2) is 15.8 Å². The molecule has 0 aliphatic heterocycles. The van der Waals surface area contributed by atoms with Gasteiger partial charge in [-0.05, 0) is 37.6 Å². The lowest BCUT2D eigenvalue weighted by atomic mass is 10.1. The third-order valence-electron chi connectivity index (χ3n) is 3.35. The van der Waals surface area contributed by atoms with E-state index in [4.69, 9.17) is 5.26 Å². The van der Waals surface area contributed by atoms with Crippen LogP contribution in [0.5, 0.6) is 0 Å². The van der Waals surface area contributed by atoms with Gasteiger partial charge < -0.3 is 5.32 Å². The lowest BCUT2D eigenvalue weighted by molar-refractivity contribution is 0.365. The molecule has 0 bridgehead atoms. The van der Waals surface area contributed by atoms with E-state index in [2.05, 4.69) is 30.3 Å². The van der Waals surface area contributed by atoms with Gasteiger partial charge in [0.15, 0.2) is 0 Å². The minimum atomic E-state index is 0.286. The Hall–Kier alpha value is -2.12. The maximum absolute atomic E-state index is 8.87. The average molecular weight is 254 g/mol. The first-order chi connectivity index (χ1) is 9.20. The molecule has 0 saturated heterocycles. The van der Waals surface area contributed by atoms with Crippen LogP contribution in [0.1, 0.15) is 31.0 Å². The lowest BCUT2D eigenvalue weighted by Crippen LogP contribution is -2.33. The van der Waals surface area contributed by atoms with Crippen LogP contribution in [0.2, 0.25) is 0 Å². The van der Waals surface area contributed by atoms with Crippen LogP contribution in [0.15, 0.2) is 42.7 Å². The van der Waals surface area contributed by atoms with E-state index in [9.17, 15) is 0 Å². The second-order valence-electron chi connectivity index (χ2n) is 4.71. The molecule has 0 amide bonds. The topological polar surface area (TPSA) is 53.6 Å². The highest BCUT2D eigenvalue weighted by molar-refractivity contribution is 5.32. The predicted molar refractivity (Wildman–Crippen MR) is 74.4 cm³/mol. The van der Waals surface area contributed by atoms with Crippen molar-refractivity contribution in [2.45, 2.75) is 32.5 Å². The molecule has 98 valence electrons. The van der Waals surface area contributed by atoms with Crippen molar-refractivity contribution in [1.29, 1.82) is 5.26 Å². The highest BCUT2D eigenvalue weighted by Crippen LogP contribution is 2.10. The van der Waals surface area contributed by atoms with Gasteiger partial charge in [-0.3, -0.25) is 4.68 Å². The first kappa shape index (κ1) is 13.3. The Kier molecular flexibility index (Phi) is 4.32. The molecule has 2 atom stereocenters. The molecule has 0 aliphatic carbocycles. The quantitative estimate of drug-likeness (QED) is 0.892. The van der Waals surface area contributed by atoms with Gasteiger partial charge >= 0.3 is 0 Å². The van der Waals surface area contributed by atoms with Gasteiger partial charge in [-0.2, -0.15) is 10.4 Å². The van der Waals surface area contributed by atoms with Crippen molar-refractivity contribution >= 4 is 0 Å². The fourth-order valence-corrected chi connectivity index (χ4v) is 1.95. The standard InChI is InChI=1S/C15H18N4/c1-12(13(2)19-8-4-7-18-19)17-11-15-6-3-5-14(9-15)10-16/h3-9,12-13,17H,11H2,1-2H3. The first-order valence-corrected chi connectivity index (χ1v) is 6.42. The van der Waals surface area contributed by atoms with Crippen molar-refractivity contribution in [3.8, 4) is 6.07 Å². The van der Waals surface area contributed by atoms with Gasteiger partial charge in [-0.25, -0.2) is 0 Å². The highest BCUT2D eigenvalue weighted by atomic mass is 15.3. The molecule has 0 aliphatic rings. The van der Waals surface area contributed by atoms with Crippen LogP contribution < -0.4 is 5.32 Å². The molecule has 2 rings (SSSR count). The van der Waals surface area contributed by atoms with Gasteiger partial charge in [0.05, 0.1) is 17.7 Å². The van der Waals surface area contributed by atoms with Crippen molar-refractivity contribution in [3.05, 3.63) is 53.9 Å². The van der Waals surface area contributed by atoms with Crippen molar-refractivity contribution in [3.63, 3.8) is 0 Å². The average Bonchev–Trinajstić information content (AvgIpc) is 2.98. The van der Waals surface area contributed by atoms with E-state index in [1.807, 2.05) is 41.2 Å². The summed E-state index contributed by atoms with van der Waals surface area (Å²) in [7, 11) is 0. The SMILES string of the molecule is CC(NCc1cccc(C#N)c1)C(C)n1cccn1. The number of aromatic nitrogens is 2. The summed E-state index contributed by atoms with van der Waals surface area (Å²) in [6.45, 7) is 5.03. The number of nitrogens with zero attached hydrogens (tertiary/aromatic N) is 3. The molecule has 2 aromatic rings. The predicted octanol–water partition coefficient (Wildman–Crippen LogP) is 2.49. The van der Waals surface area contributed by atoms with Gasteiger partial charge in [0.25, 0.3) is 0 Å². The lowest BCUT2D eigenvalue weighted by Gasteiger charge is -2.21. The van der Waals surface area contributed by atoms with Crippen LogP contribution in [0.25, 0.3) is 0 Å². The van der Waals surface area contributed by atoms with Gasteiger partial charge in [-0.1, -0.05) is 12.1 Å². The van der Waals surface area contributed by atoms with E-state index in [1.165, 1.54) is 0 Å². The molecule has 0 fully saturated rings. The monoisotopic (exact) mass is 254 g/mol. The Bertz CT molecular complexity index is 554. The molecule has 19 heavy (non-hydrogen) atoms. The molecule has 1 aromatic heterocycles. The van der Waals surface area contributed by atoms with Gasteiger partial charge in [0.1, 0.15) is 0 Å². The van der Waals surface area contributed by atoms with Crippen molar-refractivity contribution < 1.29 is 0 Å². The van der Waals surface area contributed by atoms with Crippen LogP contribution in [-0.2, 0) is 6.54 Å². The second-order valence-corrected chi connectivity index (χ2v) is 4.71. The molecule has 0 spiro atoms. The summed E-state index contributed by atoms with van der Waals surface area (Å²) < 4.78 is 1.95. The molecule has 1 heterocycles. The third-order valence-corrected chi connectivity index (χ3v) is 3.35. The first-order valence-electron chi connectivity index (χ1n) is 6.42. The number of nitrogens with one attached hydrogen (secondary N) is 1. The van der Waals surface area contributed by atoms with Gasteiger partial charge in [0.2, 0.25) is 0 Å². The summed E-state index contributed by atoms with van der Waals surface area (Å²) >= 11 is 0. The largest absolute Gasteiger partial charge is 0.308 e. The molecular formula is C15H18N4. The number of hydrogen-bond donors (Lipinski definition) is 1. The van der Waals surface area contributed by atoms with Crippen molar-refractivity contribution in [2.75, 3.05) is 0 Å². The molecule has 1 aromatic carbocycles. The zero-order valence-corrected chi connectivity index (χ0v) is 11.2. The third kappa shape index (κ3) is 3.43. The van der Waals surface area contributed by atoms with E-state index < -0.39 is 0 Å². The number of rotatable bonds is 5. The van der Waals surface area contributed by atoms with Crippen LogP contribution in [0.4, 0.5) is 0 Å². The maximum atomic E-state index is 8.87. The van der Waals surface area contributed by atoms with E-state index in [0.717, 1.165) is 12.1 Å². The minimum absolute atomic E-state index is 0.286. The number of benzene rings is 1. The zero-order chi connectivity index (χ0) is 13.7. The normalized spacial score (nSPS) is 13.7. The molecule has 2 unspecified atom stereocenters. The zero-order valence-electron chi connectivity index (χ0n) is 11.2. The van der Waals surface area contributed by atoms with E-state index in [0.29, 0.717) is 11.6 Å². The Morgan fingerprint density at radius 3 is 2.89 bits per heavy atom. The minimum Gasteiger partial charge on any atom is -0.308 e. The van der Waals surface area contributed by atoms with Crippen molar-refractivity contribution in [2.24, 2.45) is 0 Å². The summed E-state index contributed by atoms with van der Waals surface area (Å²) in [4.78, 5) is 0. The molecule has 0 saturated carbocycles. The molecule has 4 nitrogen and oxygen atoms in total. The highest BCUT2D eigenvalue weighted by Gasteiger charge is 2.13. The van der Waals surface area contributed by atoms with Crippen molar-refractivity contribution in [1.82, 2.24) is 15.1 Å². The van der Waals surface area contributed by atoms with E-state index >= 15 is 0 Å². The maximum Gasteiger partial charge on any atom is 0.0991 e. The van der Waals surface area contributed by atoms with Gasteiger partial charge in [-0.15, -0.1) is 0 Å². The Morgan fingerprint density at radius 1 is 1.37 bits per heavy atom. The summed E-state index contributed by atoms with van der Waals surface area (Å²) in [6, 6.07) is 12.3. The Balaban J connectivity index is 1.93. The summed E-state index contributed by atoms with van der Waals surface area (Å²) in [5.41, 5.74) is 1.82. The van der Waals surface area contributed by atoms with Crippen LogP contribution >= 0.6 is 0 Å². The number of nitriles is 1. The Labute approximate surface area is 113 Å². The molecular weight excluding hydrogens is 236 g/mol. The van der Waals surface area contributed by atoms with Crippen LogP contribution in [0.3, 0.4) is 0 Å². The number of hydrogen-bond acceptors (Lipinski definition) is 3. The summed E-state index contributed by atoms with van der Waals surface area (Å²) in [5.74, 6) is 0. The fourth-order valence-electron chi connectivity index (χ4n) is 1.95. The smallest absolute Gasteiger partial charge is 0.0991 e. The molecule has 0 radical (unpaired) electrons. The fraction of sp³-hybridized carbons (Fsp3) is 0.333.